The molecule has 184 valence electrons. The van der Waals surface area contributed by atoms with E-state index in [-0.39, 0.29) is 22.3 Å². The molecule has 0 unspecified atom stereocenters. The van der Waals surface area contributed by atoms with Crippen LogP contribution in [-0.2, 0) is 13.6 Å². The predicted octanol–water partition coefficient (Wildman–Crippen LogP) is 4.54. The molecule has 0 bridgehead atoms. The summed E-state index contributed by atoms with van der Waals surface area (Å²) in [5.74, 6) is 5.84. The summed E-state index contributed by atoms with van der Waals surface area (Å²) in [4.78, 5) is 16.7. The minimum Gasteiger partial charge on any atom is -0.414 e. The lowest BCUT2D eigenvalue weighted by Crippen LogP contribution is -2.48. The molecule has 1 aromatic rings. The van der Waals surface area contributed by atoms with E-state index in [1.165, 1.54) is 0 Å². The maximum atomic E-state index is 12.7. The highest BCUT2D eigenvalue weighted by Gasteiger charge is 2.46. The van der Waals surface area contributed by atoms with Crippen LogP contribution in [0.4, 0.5) is 5.82 Å². The molecule has 0 aliphatic carbocycles. The number of nitrogens with one attached hydrogen (secondary N) is 1. The van der Waals surface area contributed by atoms with E-state index in [0.717, 1.165) is 5.56 Å². The second kappa shape index (κ2) is 9.30. The molecule has 8 nitrogen and oxygen atoms in total. The standard InChI is InChI=1S/C22H44N4O4Si2/c1-15-13-26(20(27)24-19(15)25-23)18-12-16(30-32(10,11)22(5,6)7)17(29-18)14-28-31(8,9)21(2,3)4/h13,16-18H,12,14,23H2,1-11H3,(H,24,25,27)/t16-,17+,18+/m0/s1. The molecule has 0 radical (unpaired) electrons. The van der Waals surface area contributed by atoms with Gasteiger partial charge in [0.25, 0.3) is 0 Å². The predicted molar refractivity (Wildman–Crippen MR) is 135 cm³/mol. The molecule has 0 aromatic carbocycles. The van der Waals surface area contributed by atoms with Crippen molar-refractivity contribution >= 4 is 22.5 Å². The molecular weight excluding hydrogens is 440 g/mol. The Labute approximate surface area is 195 Å². The molecule has 0 amide bonds. The van der Waals surface area contributed by atoms with Gasteiger partial charge in [0.15, 0.2) is 16.6 Å². The van der Waals surface area contributed by atoms with Gasteiger partial charge in [-0.25, -0.2) is 10.6 Å². The van der Waals surface area contributed by atoms with E-state index < -0.39 is 28.6 Å². The lowest BCUT2D eigenvalue weighted by molar-refractivity contribution is -0.0412. The van der Waals surface area contributed by atoms with Crippen molar-refractivity contribution in [2.24, 2.45) is 5.84 Å². The zero-order valence-electron chi connectivity index (χ0n) is 21.8. The van der Waals surface area contributed by atoms with Gasteiger partial charge in [0.2, 0.25) is 0 Å². The van der Waals surface area contributed by atoms with Gasteiger partial charge in [-0.1, -0.05) is 41.5 Å². The van der Waals surface area contributed by atoms with Crippen molar-refractivity contribution in [3.8, 4) is 0 Å². The van der Waals surface area contributed by atoms with E-state index in [0.29, 0.717) is 18.8 Å². The molecule has 10 heteroatoms. The van der Waals surface area contributed by atoms with E-state index in [2.05, 4.69) is 78.1 Å². The maximum Gasteiger partial charge on any atom is 0.351 e. The quantitative estimate of drug-likeness (QED) is 0.333. The topological polar surface area (TPSA) is 101 Å². The van der Waals surface area contributed by atoms with Crippen LogP contribution >= 0.6 is 0 Å². The van der Waals surface area contributed by atoms with Crippen LogP contribution in [0.3, 0.4) is 0 Å². The van der Waals surface area contributed by atoms with Gasteiger partial charge in [-0.15, -0.1) is 0 Å². The number of hydrogen-bond acceptors (Lipinski definition) is 7. The highest BCUT2D eigenvalue weighted by molar-refractivity contribution is 6.74. The fraction of sp³-hybridized carbons (Fsp3) is 0.818. The molecule has 1 aliphatic rings. The average molecular weight is 485 g/mol. The lowest BCUT2D eigenvalue weighted by Gasteiger charge is -2.40. The summed E-state index contributed by atoms with van der Waals surface area (Å²) in [5, 5.41) is 0.170. The summed E-state index contributed by atoms with van der Waals surface area (Å²) in [6.45, 7) is 24.6. The fourth-order valence-corrected chi connectivity index (χ4v) is 5.50. The highest BCUT2D eigenvalue weighted by atomic mass is 28.4. The summed E-state index contributed by atoms with van der Waals surface area (Å²) in [5.41, 5.74) is 2.85. The van der Waals surface area contributed by atoms with Crippen molar-refractivity contribution in [2.45, 2.75) is 110 Å². The zero-order valence-corrected chi connectivity index (χ0v) is 23.8. The Morgan fingerprint density at radius 3 is 2.22 bits per heavy atom. The van der Waals surface area contributed by atoms with E-state index >= 15 is 0 Å². The van der Waals surface area contributed by atoms with E-state index in [9.17, 15) is 4.79 Å². The highest BCUT2D eigenvalue weighted by Crippen LogP contribution is 2.42. The van der Waals surface area contributed by atoms with Crippen LogP contribution in [0.15, 0.2) is 11.0 Å². The summed E-state index contributed by atoms with van der Waals surface area (Å²) in [6.07, 6.45) is 1.47. The van der Waals surface area contributed by atoms with E-state index in [1.807, 2.05) is 6.92 Å². The Kier molecular flexibility index (Phi) is 7.91. The van der Waals surface area contributed by atoms with Crippen molar-refractivity contribution in [3.05, 3.63) is 22.2 Å². The molecule has 2 heterocycles. The average Bonchev–Trinajstić information content (AvgIpc) is 3.01. The zero-order chi connectivity index (χ0) is 24.7. The number of hydrazine groups is 1. The third-order valence-corrected chi connectivity index (χ3v) is 16.4. The molecule has 2 rings (SSSR count). The minimum atomic E-state index is -2.05. The summed E-state index contributed by atoms with van der Waals surface area (Å²) >= 11 is 0. The molecular formula is C22H44N4O4Si2. The second-order valence-corrected chi connectivity index (χ2v) is 21.5. The molecule has 3 atom stereocenters. The number of rotatable bonds is 7. The van der Waals surface area contributed by atoms with Gasteiger partial charge >= 0.3 is 5.69 Å². The van der Waals surface area contributed by atoms with Crippen LogP contribution in [0.5, 0.6) is 0 Å². The van der Waals surface area contributed by atoms with Crippen molar-refractivity contribution in [1.29, 1.82) is 0 Å². The lowest BCUT2D eigenvalue weighted by atomic mass is 10.2. The van der Waals surface area contributed by atoms with Crippen molar-refractivity contribution < 1.29 is 13.6 Å². The SMILES string of the molecule is Cc1cn([C@H]2C[C@H](O[Si](C)(C)C(C)(C)C)[C@@H](CO[Si](C)(C)C(C)(C)C)O2)c(=O)nc1NN. The van der Waals surface area contributed by atoms with Crippen LogP contribution < -0.4 is 17.0 Å². The molecule has 1 fully saturated rings. The smallest absolute Gasteiger partial charge is 0.351 e. The number of nitrogens with two attached hydrogens (primary N) is 1. The third-order valence-electron chi connectivity index (χ3n) is 7.43. The molecule has 1 aromatic heterocycles. The Balaban J connectivity index is 2.32. The maximum absolute atomic E-state index is 12.7. The summed E-state index contributed by atoms with van der Waals surface area (Å²) in [6, 6.07) is 0. The van der Waals surface area contributed by atoms with E-state index in [1.54, 1.807) is 10.8 Å². The summed E-state index contributed by atoms with van der Waals surface area (Å²) in [7, 11) is -4.00. The first-order chi connectivity index (χ1) is 14.4. The first-order valence-corrected chi connectivity index (χ1v) is 17.2. The Morgan fingerprint density at radius 1 is 1.16 bits per heavy atom. The van der Waals surface area contributed by atoms with E-state index in [4.69, 9.17) is 19.4 Å². The van der Waals surface area contributed by atoms with Gasteiger partial charge in [0.1, 0.15) is 18.1 Å². The van der Waals surface area contributed by atoms with Gasteiger partial charge in [0.05, 0.1) is 12.7 Å². The molecule has 0 spiro atoms. The van der Waals surface area contributed by atoms with Gasteiger partial charge in [-0.3, -0.25) is 4.57 Å². The van der Waals surface area contributed by atoms with Gasteiger partial charge in [0, 0.05) is 18.2 Å². The third kappa shape index (κ3) is 5.89. The fourth-order valence-electron chi connectivity index (χ4n) is 3.13. The molecule has 32 heavy (non-hydrogen) atoms. The van der Waals surface area contributed by atoms with Crippen LogP contribution in [0, 0.1) is 6.92 Å². The number of hydrogen-bond donors (Lipinski definition) is 2. The number of nitrogen functional groups attached to an aromatic ring is 1. The number of ether oxygens (including phenoxy) is 1. The monoisotopic (exact) mass is 484 g/mol. The number of nitrogens with zero attached hydrogens (tertiary/aromatic N) is 2. The minimum absolute atomic E-state index is 0.0688. The van der Waals surface area contributed by atoms with Crippen molar-refractivity contribution in [2.75, 3.05) is 12.0 Å². The van der Waals surface area contributed by atoms with Crippen molar-refractivity contribution in [1.82, 2.24) is 9.55 Å². The van der Waals surface area contributed by atoms with Crippen LogP contribution in [0.1, 0.15) is 59.8 Å². The molecule has 0 saturated carbocycles. The number of aryl methyl sites for hydroxylation is 1. The number of anilines is 1. The van der Waals surface area contributed by atoms with Gasteiger partial charge < -0.3 is 19.0 Å². The number of aromatic nitrogens is 2. The first kappa shape index (κ1) is 27.2. The molecule has 1 saturated heterocycles. The first-order valence-electron chi connectivity index (χ1n) is 11.4. The Hall–Kier alpha value is -1.05. The van der Waals surface area contributed by atoms with Crippen LogP contribution in [0.2, 0.25) is 36.3 Å². The Bertz CT molecular complexity index is 859. The van der Waals surface area contributed by atoms with Crippen LogP contribution in [0.25, 0.3) is 0 Å². The largest absolute Gasteiger partial charge is 0.414 e. The van der Waals surface area contributed by atoms with Gasteiger partial charge in [-0.05, 0) is 43.2 Å². The summed E-state index contributed by atoms with van der Waals surface area (Å²) < 4.78 is 21.2. The van der Waals surface area contributed by atoms with Gasteiger partial charge in [-0.2, -0.15) is 4.98 Å². The molecule has 3 N–H and O–H groups in total. The van der Waals surface area contributed by atoms with Crippen LogP contribution in [-0.4, -0.2) is 45.0 Å². The normalized spacial score (nSPS) is 22.9. The van der Waals surface area contributed by atoms with Crippen molar-refractivity contribution in [3.63, 3.8) is 0 Å². The molecule has 1 aliphatic heterocycles. The Morgan fingerprint density at radius 2 is 1.72 bits per heavy atom. The second-order valence-electron chi connectivity index (χ2n) is 12.0.